The van der Waals surface area contributed by atoms with Gasteiger partial charge in [0.2, 0.25) is 0 Å². The second kappa shape index (κ2) is 7.58. The quantitative estimate of drug-likeness (QED) is 0.577. The van der Waals surface area contributed by atoms with Crippen molar-refractivity contribution in [3.63, 3.8) is 0 Å². The highest BCUT2D eigenvalue weighted by molar-refractivity contribution is 5.97. The molecule has 4 heteroatoms. The van der Waals surface area contributed by atoms with Crippen LogP contribution >= 0.6 is 0 Å². The number of anilines is 1. The van der Waals surface area contributed by atoms with Gasteiger partial charge < -0.3 is 15.8 Å². The summed E-state index contributed by atoms with van der Waals surface area (Å²) in [5.41, 5.74) is 6.78. The molecule has 1 aromatic rings. The largest absolute Gasteiger partial charge is 0.493 e. The molecule has 0 saturated heterocycles. The van der Waals surface area contributed by atoms with Crippen molar-refractivity contribution < 1.29 is 9.53 Å². The maximum atomic E-state index is 12.0. The third-order valence-electron chi connectivity index (χ3n) is 2.61. The number of ether oxygens (including phenoxy) is 1. The summed E-state index contributed by atoms with van der Waals surface area (Å²) in [6, 6.07) is 5.12. The molecule has 0 bridgehead atoms. The zero-order valence-electron chi connectivity index (χ0n) is 11.2. The maximum absolute atomic E-state index is 12.0. The van der Waals surface area contributed by atoms with Crippen molar-refractivity contribution in [3.05, 3.63) is 23.8 Å². The minimum Gasteiger partial charge on any atom is -0.493 e. The summed E-state index contributed by atoms with van der Waals surface area (Å²) >= 11 is 0. The van der Waals surface area contributed by atoms with Gasteiger partial charge in [-0.05, 0) is 31.5 Å². The number of nitrogen functional groups attached to an aromatic ring is 1. The van der Waals surface area contributed by atoms with Crippen molar-refractivity contribution in [1.29, 1.82) is 0 Å². The van der Waals surface area contributed by atoms with Gasteiger partial charge in [-0.3, -0.25) is 4.79 Å². The van der Waals surface area contributed by atoms with Gasteiger partial charge in [0.05, 0.1) is 12.2 Å². The van der Waals surface area contributed by atoms with Crippen LogP contribution in [-0.2, 0) is 0 Å². The molecule has 0 aliphatic carbocycles. The Morgan fingerprint density at radius 2 is 2.11 bits per heavy atom. The van der Waals surface area contributed by atoms with E-state index < -0.39 is 0 Å². The van der Waals surface area contributed by atoms with Gasteiger partial charge in [-0.2, -0.15) is 0 Å². The highest BCUT2D eigenvalue weighted by Crippen LogP contribution is 2.21. The van der Waals surface area contributed by atoms with E-state index in [1.807, 2.05) is 6.92 Å². The number of hydrogen-bond donors (Lipinski definition) is 2. The second-order valence-electron chi connectivity index (χ2n) is 4.15. The average Bonchev–Trinajstić information content (AvgIpc) is 2.37. The lowest BCUT2D eigenvalue weighted by Gasteiger charge is -2.11. The van der Waals surface area contributed by atoms with Crippen molar-refractivity contribution in [2.24, 2.45) is 0 Å². The molecule has 0 saturated carbocycles. The number of amides is 1. The molecule has 0 fully saturated rings. The first kappa shape index (κ1) is 14.4. The molecule has 0 aliphatic rings. The van der Waals surface area contributed by atoms with Crippen LogP contribution in [0.1, 0.15) is 43.5 Å². The Morgan fingerprint density at radius 1 is 1.33 bits per heavy atom. The second-order valence-corrected chi connectivity index (χ2v) is 4.15. The Labute approximate surface area is 109 Å². The average molecular weight is 250 g/mol. The van der Waals surface area contributed by atoms with Gasteiger partial charge in [0.25, 0.3) is 5.91 Å². The number of hydrogen-bond acceptors (Lipinski definition) is 3. The van der Waals surface area contributed by atoms with Crippen molar-refractivity contribution >= 4 is 11.6 Å². The highest BCUT2D eigenvalue weighted by atomic mass is 16.5. The first-order valence-corrected chi connectivity index (χ1v) is 6.49. The molecular weight excluding hydrogens is 228 g/mol. The van der Waals surface area contributed by atoms with Gasteiger partial charge in [0.15, 0.2) is 0 Å². The zero-order chi connectivity index (χ0) is 13.4. The standard InChI is InChI=1S/C14H22N2O2/c1-3-5-6-9-16-14(17)12-10-11(15)7-8-13(12)18-4-2/h7-8,10H,3-6,9,15H2,1-2H3,(H,16,17). The monoisotopic (exact) mass is 250 g/mol. The fourth-order valence-corrected chi connectivity index (χ4v) is 1.68. The highest BCUT2D eigenvalue weighted by Gasteiger charge is 2.12. The third-order valence-corrected chi connectivity index (χ3v) is 2.61. The fraction of sp³-hybridized carbons (Fsp3) is 0.500. The van der Waals surface area contributed by atoms with Gasteiger partial charge in [-0.1, -0.05) is 19.8 Å². The molecule has 3 N–H and O–H groups in total. The molecule has 4 nitrogen and oxygen atoms in total. The lowest BCUT2D eigenvalue weighted by atomic mass is 10.1. The number of carbonyl (C=O) groups is 1. The van der Waals surface area contributed by atoms with Crippen LogP contribution in [0.25, 0.3) is 0 Å². The number of nitrogens with one attached hydrogen (secondary N) is 1. The van der Waals surface area contributed by atoms with Gasteiger partial charge in [-0.15, -0.1) is 0 Å². The molecule has 1 amide bonds. The van der Waals surface area contributed by atoms with Crippen LogP contribution in [0.2, 0.25) is 0 Å². The molecule has 0 unspecified atom stereocenters. The van der Waals surface area contributed by atoms with Gasteiger partial charge in [-0.25, -0.2) is 0 Å². The van der Waals surface area contributed by atoms with Crippen molar-refractivity contribution in [2.75, 3.05) is 18.9 Å². The molecule has 0 aliphatic heterocycles. The number of nitrogens with two attached hydrogens (primary N) is 1. The van der Waals surface area contributed by atoms with Crippen LogP contribution in [0.3, 0.4) is 0 Å². The summed E-state index contributed by atoms with van der Waals surface area (Å²) in [6.45, 7) is 5.24. The minimum atomic E-state index is -0.123. The van der Waals surface area contributed by atoms with Crippen LogP contribution in [-0.4, -0.2) is 19.1 Å². The van der Waals surface area contributed by atoms with Crippen molar-refractivity contribution in [3.8, 4) is 5.75 Å². The summed E-state index contributed by atoms with van der Waals surface area (Å²) in [4.78, 5) is 12.0. The molecular formula is C14H22N2O2. The number of unbranched alkanes of at least 4 members (excludes halogenated alkanes) is 2. The summed E-state index contributed by atoms with van der Waals surface area (Å²) in [5, 5.41) is 2.89. The van der Waals surface area contributed by atoms with E-state index in [0.29, 0.717) is 30.2 Å². The molecule has 1 aromatic carbocycles. The minimum absolute atomic E-state index is 0.123. The summed E-state index contributed by atoms with van der Waals surface area (Å²) in [5.74, 6) is 0.460. The Hall–Kier alpha value is -1.71. The van der Waals surface area contributed by atoms with E-state index in [0.717, 1.165) is 19.3 Å². The number of carbonyl (C=O) groups excluding carboxylic acids is 1. The summed E-state index contributed by atoms with van der Waals surface area (Å²) in [7, 11) is 0. The lowest BCUT2D eigenvalue weighted by Crippen LogP contribution is -2.25. The molecule has 0 radical (unpaired) electrons. The van der Waals surface area contributed by atoms with Crippen LogP contribution in [0.4, 0.5) is 5.69 Å². The zero-order valence-corrected chi connectivity index (χ0v) is 11.2. The molecule has 0 atom stereocenters. The van der Waals surface area contributed by atoms with E-state index >= 15 is 0 Å². The van der Waals surface area contributed by atoms with Gasteiger partial charge >= 0.3 is 0 Å². The first-order chi connectivity index (χ1) is 8.69. The van der Waals surface area contributed by atoms with E-state index in [2.05, 4.69) is 12.2 Å². The Balaban J connectivity index is 2.67. The maximum Gasteiger partial charge on any atom is 0.255 e. The van der Waals surface area contributed by atoms with Crippen LogP contribution < -0.4 is 15.8 Å². The van der Waals surface area contributed by atoms with Crippen LogP contribution in [0.15, 0.2) is 18.2 Å². The predicted octanol–water partition coefficient (Wildman–Crippen LogP) is 2.59. The smallest absolute Gasteiger partial charge is 0.255 e. The topological polar surface area (TPSA) is 64.4 Å². The molecule has 100 valence electrons. The molecule has 1 rings (SSSR count). The molecule has 18 heavy (non-hydrogen) atoms. The third kappa shape index (κ3) is 4.28. The first-order valence-electron chi connectivity index (χ1n) is 6.49. The normalized spacial score (nSPS) is 10.1. The predicted molar refractivity (Wildman–Crippen MR) is 73.9 cm³/mol. The van der Waals surface area contributed by atoms with E-state index in [-0.39, 0.29) is 5.91 Å². The van der Waals surface area contributed by atoms with E-state index in [1.54, 1.807) is 18.2 Å². The number of rotatable bonds is 7. The van der Waals surface area contributed by atoms with Crippen LogP contribution in [0.5, 0.6) is 5.75 Å². The van der Waals surface area contributed by atoms with Gasteiger partial charge in [0, 0.05) is 12.2 Å². The number of benzene rings is 1. The van der Waals surface area contributed by atoms with E-state index in [9.17, 15) is 4.79 Å². The Kier molecular flexibility index (Phi) is 6.05. The molecule has 0 heterocycles. The van der Waals surface area contributed by atoms with E-state index in [4.69, 9.17) is 10.5 Å². The van der Waals surface area contributed by atoms with E-state index in [1.165, 1.54) is 0 Å². The molecule has 0 aromatic heterocycles. The lowest BCUT2D eigenvalue weighted by molar-refractivity contribution is 0.0949. The fourth-order valence-electron chi connectivity index (χ4n) is 1.68. The Bertz CT molecular complexity index is 391. The van der Waals surface area contributed by atoms with Crippen molar-refractivity contribution in [2.45, 2.75) is 33.1 Å². The Morgan fingerprint density at radius 3 is 2.78 bits per heavy atom. The van der Waals surface area contributed by atoms with Gasteiger partial charge in [0.1, 0.15) is 5.75 Å². The summed E-state index contributed by atoms with van der Waals surface area (Å²) in [6.07, 6.45) is 3.25. The van der Waals surface area contributed by atoms with Crippen molar-refractivity contribution in [1.82, 2.24) is 5.32 Å². The summed E-state index contributed by atoms with van der Waals surface area (Å²) < 4.78 is 5.42. The SMILES string of the molecule is CCCCCNC(=O)c1cc(N)ccc1OCC. The van der Waals surface area contributed by atoms with Crippen LogP contribution in [0, 0.1) is 0 Å². The molecule has 0 spiro atoms.